The van der Waals surface area contributed by atoms with Crippen molar-refractivity contribution in [1.82, 2.24) is 0 Å². The highest BCUT2D eigenvalue weighted by molar-refractivity contribution is 8.02. The van der Waals surface area contributed by atoms with Gasteiger partial charge in [-0.05, 0) is 48.4 Å². The van der Waals surface area contributed by atoms with Gasteiger partial charge in [-0.25, -0.2) is 9.18 Å². The number of imide groups is 1. The lowest BCUT2D eigenvalue weighted by atomic mass is 10.0. The van der Waals surface area contributed by atoms with Crippen LogP contribution in [-0.2, 0) is 17.8 Å². The van der Waals surface area contributed by atoms with Crippen LogP contribution in [0.4, 0.5) is 14.9 Å². The van der Waals surface area contributed by atoms with E-state index in [-0.39, 0.29) is 23.0 Å². The fraction of sp³-hybridized carbons (Fsp3) is 0.160. The Labute approximate surface area is 194 Å². The predicted molar refractivity (Wildman–Crippen MR) is 124 cm³/mol. The molecule has 1 unspecified atom stereocenters. The van der Waals surface area contributed by atoms with Crippen molar-refractivity contribution in [3.63, 3.8) is 0 Å². The van der Waals surface area contributed by atoms with E-state index in [4.69, 9.17) is 11.6 Å². The Balaban J connectivity index is 1.68. The van der Waals surface area contributed by atoms with Gasteiger partial charge in [-0.2, -0.15) is 9.37 Å². The molecule has 0 aliphatic carbocycles. The Morgan fingerprint density at radius 1 is 1.03 bits per heavy atom. The van der Waals surface area contributed by atoms with Gasteiger partial charge >= 0.3 is 11.9 Å². The first-order valence-corrected chi connectivity index (χ1v) is 11.6. The van der Waals surface area contributed by atoms with Gasteiger partial charge in [0.1, 0.15) is 23.8 Å². The molecular weight excluding hydrogens is 447 g/mol. The van der Waals surface area contributed by atoms with Gasteiger partial charge in [-0.1, -0.05) is 48.9 Å². The zero-order chi connectivity index (χ0) is 22.4. The van der Waals surface area contributed by atoms with Crippen LogP contribution in [0.1, 0.15) is 23.6 Å². The van der Waals surface area contributed by atoms with Gasteiger partial charge in [0.2, 0.25) is 0 Å². The van der Waals surface area contributed by atoms with Crippen LogP contribution in [0.25, 0.3) is 0 Å². The normalized spacial score (nSPS) is 17.6. The number of hydrogen-bond donors (Lipinski definition) is 0. The summed E-state index contributed by atoms with van der Waals surface area (Å²) < 4.78 is 16.1. The molecule has 7 heteroatoms. The number of urea groups is 1. The molecule has 0 aromatic heterocycles. The highest BCUT2D eigenvalue weighted by atomic mass is 35.5. The molecule has 0 spiro atoms. The van der Waals surface area contributed by atoms with E-state index >= 15 is 0 Å². The summed E-state index contributed by atoms with van der Waals surface area (Å²) in [4.78, 5) is 29.3. The van der Waals surface area contributed by atoms with Crippen molar-refractivity contribution in [3.05, 3.63) is 94.3 Å². The zero-order valence-corrected chi connectivity index (χ0v) is 18.8. The SMILES string of the molecule is CCc1ccc(N2C(=O)C3Sc4ccccc4C3=[N+](Cc3c(F)cccc3Cl)C2=O)cc1. The van der Waals surface area contributed by atoms with Crippen LogP contribution in [0.3, 0.4) is 0 Å². The zero-order valence-electron chi connectivity index (χ0n) is 17.2. The Hall–Kier alpha value is -2.96. The van der Waals surface area contributed by atoms with Crippen molar-refractivity contribution in [3.8, 4) is 0 Å². The third kappa shape index (κ3) is 3.34. The number of halogens is 2. The third-order valence-corrected chi connectivity index (χ3v) is 7.42. The quantitative estimate of drug-likeness (QED) is 0.465. The number of benzene rings is 3. The maximum absolute atomic E-state index is 14.6. The third-order valence-electron chi connectivity index (χ3n) is 5.79. The molecule has 2 aliphatic rings. The second-order valence-corrected chi connectivity index (χ2v) is 9.20. The number of amides is 3. The van der Waals surface area contributed by atoms with Gasteiger partial charge in [0.25, 0.3) is 0 Å². The van der Waals surface area contributed by atoms with E-state index in [0.29, 0.717) is 11.4 Å². The van der Waals surface area contributed by atoms with Gasteiger partial charge in [0.05, 0.1) is 5.02 Å². The lowest BCUT2D eigenvalue weighted by Crippen LogP contribution is -2.55. The number of aryl methyl sites for hydroxylation is 1. The molecule has 0 N–H and O–H groups in total. The molecule has 2 heterocycles. The Morgan fingerprint density at radius 3 is 2.50 bits per heavy atom. The Morgan fingerprint density at radius 2 is 1.78 bits per heavy atom. The molecule has 3 aromatic rings. The number of carbonyl (C=O) groups is 2. The molecule has 5 rings (SSSR count). The molecule has 0 fully saturated rings. The average Bonchev–Trinajstić information content (AvgIpc) is 3.19. The van der Waals surface area contributed by atoms with E-state index in [2.05, 4.69) is 0 Å². The van der Waals surface area contributed by atoms with E-state index < -0.39 is 17.1 Å². The summed E-state index contributed by atoms with van der Waals surface area (Å²) in [5.41, 5.74) is 3.23. The molecule has 4 nitrogen and oxygen atoms in total. The van der Waals surface area contributed by atoms with E-state index in [9.17, 15) is 14.0 Å². The predicted octanol–water partition coefficient (Wildman–Crippen LogP) is 5.68. The van der Waals surface area contributed by atoms with Crippen LogP contribution in [0, 0.1) is 5.82 Å². The summed E-state index contributed by atoms with van der Waals surface area (Å²) in [6.45, 7) is 1.97. The van der Waals surface area contributed by atoms with Gasteiger partial charge < -0.3 is 0 Å². The van der Waals surface area contributed by atoms with Crippen LogP contribution in [-0.4, -0.2) is 27.5 Å². The monoisotopic (exact) mass is 465 g/mol. The molecule has 0 radical (unpaired) electrons. The average molecular weight is 466 g/mol. The number of hydrogen-bond acceptors (Lipinski definition) is 3. The lowest BCUT2D eigenvalue weighted by Gasteiger charge is -2.25. The standard InChI is InChI=1S/C25H19ClFN2O2S/c1-2-15-10-12-16(13-11-15)29-24(30)23-22(17-6-3-4-9-21(17)32-23)28(25(29)31)14-18-19(26)7-5-8-20(18)27/h3-13,23H,2,14H2,1H3/q+1. The fourth-order valence-corrected chi connectivity index (χ4v) is 5.61. The molecule has 3 aromatic carbocycles. The Kier molecular flexibility index (Phi) is 5.35. The summed E-state index contributed by atoms with van der Waals surface area (Å²) in [6, 6.07) is 18.9. The van der Waals surface area contributed by atoms with Crippen LogP contribution < -0.4 is 4.90 Å². The molecule has 160 valence electrons. The molecule has 0 saturated carbocycles. The highest BCUT2D eigenvalue weighted by Gasteiger charge is 2.53. The molecule has 0 bridgehead atoms. The Bertz CT molecular complexity index is 1270. The fourth-order valence-electron chi connectivity index (χ4n) is 4.11. The first-order chi connectivity index (χ1) is 15.5. The number of fused-ring (bicyclic) bond motifs is 3. The van der Waals surface area contributed by atoms with Crippen LogP contribution in [0.2, 0.25) is 5.02 Å². The second kappa shape index (κ2) is 8.19. The van der Waals surface area contributed by atoms with E-state index in [1.54, 1.807) is 18.2 Å². The minimum absolute atomic E-state index is 0.0676. The summed E-state index contributed by atoms with van der Waals surface area (Å²) in [7, 11) is 0. The van der Waals surface area contributed by atoms with Crippen molar-refractivity contribution in [1.29, 1.82) is 0 Å². The molecule has 32 heavy (non-hydrogen) atoms. The van der Waals surface area contributed by atoms with Gasteiger partial charge in [-0.15, -0.1) is 16.7 Å². The van der Waals surface area contributed by atoms with Crippen LogP contribution in [0.5, 0.6) is 0 Å². The number of anilines is 1. The van der Waals surface area contributed by atoms with Crippen molar-refractivity contribution in [2.75, 3.05) is 4.90 Å². The number of rotatable bonds is 4. The van der Waals surface area contributed by atoms with Crippen molar-refractivity contribution in [2.45, 2.75) is 30.0 Å². The topological polar surface area (TPSA) is 40.4 Å². The van der Waals surface area contributed by atoms with Crippen LogP contribution >= 0.6 is 23.4 Å². The smallest absolute Gasteiger partial charge is 0.244 e. The minimum Gasteiger partial charge on any atom is -0.244 e. The maximum Gasteiger partial charge on any atom is 0.506 e. The largest absolute Gasteiger partial charge is 0.506 e. The molecular formula is C25H19ClFN2O2S+. The van der Waals surface area contributed by atoms with Crippen LogP contribution in [0.15, 0.2) is 71.6 Å². The minimum atomic E-state index is -0.596. The molecule has 0 saturated heterocycles. The number of carbonyl (C=O) groups excluding carboxylic acids is 2. The highest BCUT2D eigenvalue weighted by Crippen LogP contribution is 2.41. The number of thioether (sulfide) groups is 1. The van der Waals surface area contributed by atoms with Gasteiger partial charge in [0.15, 0.2) is 5.25 Å². The van der Waals surface area contributed by atoms with E-state index in [1.807, 2.05) is 43.3 Å². The summed E-state index contributed by atoms with van der Waals surface area (Å²) >= 11 is 7.69. The lowest BCUT2D eigenvalue weighted by molar-refractivity contribution is -0.444. The molecule has 1 atom stereocenters. The summed E-state index contributed by atoms with van der Waals surface area (Å²) in [5.74, 6) is -0.788. The first-order valence-electron chi connectivity index (χ1n) is 10.3. The van der Waals surface area contributed by atoms with E-state index in [0.717, 1.165) is 22.4 Å². The summed E-state index contributed by atoms with van der Waals surface area (Å²) in [5, 5.41) is -0.355. The van der Waals surface area contributed by atoms with Crippen molar-refractivity contribution in [2.24, 2.45) is 0 Å². The van der Waals surface area contributed by atoms with Gasteiger partial charge in [0, 0.05) is 16.0 Å². The maximum atomic E-state index is 14.6. The van der Waals surface area contributed by atoms with Crippen molar-refractivity contribution >= 4 is 46.7 Å². The van der Waals surface area contributed by atoms with Crippen molar-refractivity contribution < 1.29 is 18.6 Å². The second-order valence-electron chi connectivity index (χ2n) is 7.64. The first kappa shape index (κ1) is 20.9. The van der Waals surface area contributed by atoms with E-state index in [1.165, 1.54) is 33.4 Å². The van der Waals surface area contributed by atoms with Gasteiger partial charge in [-0.3, -0.25) is 0 Å². The number of nitrogens with zero attached hydrogens (tertiary/aromatic N) is 2. The summed E-state index contributed by atoms with van der Waals surface area (Å²) in [6.07, 6.45) is 0.853. The molecule has 3 amide bonds. The molecule has 2 aliphatic heterocycles.